The van der Waals surface area contributed by atoms with Gasteiger partial charge in [-0.1, -0.05) is 29.8 Å². The highest BCUT2D eigenvalue weighted by Crippen LogP contribution is 2.41. The number of amides is 3. The van der Waals surface area contributed by atoms with Gasteiger partial charge in [0.2, 0.25) is 11.8 Å². The van der Waals surface area contributed by atoms with Crippen molar-refractivity contribution in [3.05, 3.63) is 58.4 Å². The van der Waals surface area contributed by atoms with E-state index in [1.54, 1.807) is 11.0 Å². The van der Waals surface area contributed by atoms with E-state index in [4.69, 9.17) is 11.6 Å². The number of nitrogens with one attached hydrogen (secondary N) is 2. The SMILES string of the molecule is O=C1CCC(N2C(=O)c3cccc4c(Cc5cn(C6CCNCC6)nc5Cl)ccc2c34)C(=O)N1. The lowest BCUT2D eigenvalue weighted by atomic mass is 9.97. The van der Waals surface area contributed by atoms with Crippen molar-refractivity contribution in [3.63, 3.8) is 0 Å². The van der Waals surface area contributed by atoms with Crippen LogP contribution < -0.4 is 15.5 Å². The largest absolute Gasteiger partial charge is 0.317 e. The number of hydrogen-bond acceptors (Lipinski definition) is 5. The Hall–Kier alpha value is -3.23. The third-order valence-electron chi connectivity index (χ3n) is 7.16. The predicted octanol–water partition coefficient (Wildman–Crippen LogP) is 2.97. The molecule has 0 saturated carbocycles. The fraction of sp³-hybridized carbons (Fsp3) is 0.360. The standard InChI is InChI=1S/C25H24ClN5O3/c26-23-15(13-30(29-23)16-8-10-27-11-9-16)12-14-4-5-19-22-17(14)2-1-3-18(22)25(34)31(19)20-6-7-21(32)28-24(20)33/h1-5,13,16,20,27H,6-12H2,(H,28,32,33). The number of imide groups is 1. The van der Waals surface area contributed by atoms with Crippen LogP contribution in [0.15, 0.2) is 36.5 Å². The van der Waals surface area contributed by atoms with E-state index in [0.29, 0.717) is 35.3 Å². The molecular weight excluding hydrogens is 454 g/mol. The van der Waals surface area contributed by atoms with Crippen LogP contribution in [-0.2, 0) is 16.0 Å². The zero-order valence-electron chi connectivity index (χ0n) is 18.5. The molecule has 1 unspecified atom stereocenters. The highest BCUT2D eigenvalue weighted by molar-refractivity contribution is 6.30. The van der Waals surface area contributed by atoms with Crippen molar-refractivity contribution in [2.75, 3.05) is 18.0 Å². The predicted molar refractivity (Wildman–Crippen MR) is 128 cm³/mol. The highest BCUT2D eigenvalue weighted by Gasteiger charge is 2.40. The van der Waals surface area contributed by atoms with Crippen molar-refractivity contribution in [3.8, 4) is 0 Å². The van der Waals surface area contributed by atoms with Gasteiger partial charge in [-0.15, -0.1) is 0 Å². The number of benzene rings is 2. The Kier molecular flexibility index (Phi) is 5.15. The molecule has 34 heavy (non-hydrogen) atoms. The molecule has 3 amide bonds. The molecule has 4 heterocycles. The summed E-state index contributed by atoms with van der Waals surface area (Å²) in [5.41, 5.74) is 3.29. The fourth-order valence-electron chi connectivity index (χ4n) is 5.45. The molecule has 0 aliphatic carbocycles. The lowest BCUT2D eigenvalue weighted by Gasteiger charge is -2.30. The molecule has 0 bridgehead atoms. The van der Waals surface area contributed by atoms with Gasteiger partial charge in [0.15, 0.2) is 5.15 Å². The maximum Gasteiger partial charge on any atom is 0.259 e. The van der Waals surface area contributed by atoms with Crippen LogP contribution in [-0.4, -0.2) is 46.6 Å². The number of hydrogen-bond donors (Lipinski definition) is 2. The van der Waals surface area contributed by atoms with Crippen molar-refractivity contribution in [1.82, 2.24) is 20.4 Å². The Morgan fingerprint density at radius 1 is 1.03 bits per heavy atom. The summed E-state index contributed by atoms with van der Waals surface area (Å²) in [7, 11) is 0. The first kappa shape index (κ1) is 21.3. The fourth-order valence-corrected chi connectivity index (χ4v) is 5.65. The van der Waals surface area contributed by atoms with Crippen LogP contribution in [0.4, 0.5) is 5.69 Å². The van der Waals surface area contributed by atoms with Crippen LogP contribution in [0.3, 0.4) is 0 Å². The molecule has 2 N–H and O–H groups in total. The Balaban J connectivity index is 1.36. The Morgan fingerprint density at radius 3 is 2.65 bits per heavy atom. The zero-order valence-corrected chi connectivity index (χ0v) is 19.3. The first-order valence-electron chi connectivity index (χ1n) is 11.7. The number of anilines is 1. The zero-order chi connectivity index (χ0) is 23.4. The molecule has 9 heteroatoms. The molecule has 2 saturated heterocycles. The second-order valence-electron chi connectivity index (χ2n) is 9.20. The second-order valence-corrected chi connectivity index (χ2v) is 9.56. The van der Waals surface area contributed by atoms with E-state index in [1.807, 2.05) is 35.1 Å². The number of rotatable bonds is 4. The van der Waals surface area contributed by atoms with E-state index in [1.165, 1.54) is 0 Å². The van der Waals surface area contributed by atoms with E-state index in [-0.39, 0.29) is 18.2 Å². The molecule has 3 aliphatic rings. The smallest absolute Gasteiger partial charge is 0.259 e. The van der Waals surface area contributed by atoms with Gasteiger partial charge >= 0.3 is 0 Å². The number of nitrogens with zero attached hydrogens (tertiary/aromatic N) is 3. The summed E-state index contributed by atoms with van der Waals surface area (Å²) in [4.78, 5) is 39.0. The number of aromatic nitrogens is 2. The molecule has 2 fully saturated rings. The third-order valence-corrected chi connectivity index (χ3v) is 7.48. The molecule has 1 aromatic heterocycles. The molecule has 8 nitrogen and oxygen atoms in total. The van der Waals surface area contributed by atoms with Gasteiger partial charge in [-0.25, -0.2) is 0 Å². The van der Waals surface area contributed by atoms with E-state index in [0.717, 1.165) is 47.8 Å². The maximum atomic E-state index is 13.3. The van der Waals surface area contributed by atoms with Crippen LogP contribution in [0.2, 0.25) is 5.15 Å². The first-order valence-corrected chi connectivity index (χ1v) is 12.0. The summed E-state index contributed by atoms with van der Waals surface area (Å²) < 4.78 is 1.99. The Morgan fingerprint density at radius 2 is 1.85 bits per heavy atom. The van der Waals surface area contributed by atoms with Crippen molar-refractivity contribution in [2.24, 2.45) is 0 Å². The van der Waals surface area contributed by atoms with Gasteiger partial charge in [0.1, 0.15) is 6.04 Å². The van der Waals surface area contributed by atoms with Crippen molar-refractivity contribution < 1.29 is 14.4 Å². The average Bonchev–Trinajstić information content (AvgIpc) is 3.35. The van der Waals surface area contributed by atoms with Crippen molar-refractivity contribution in [2.45, 2.75) is 44.2 Å². The van der Waals surface area contributed by atoms with E-state index < -0.39 is 11.9 Å². The van der Waals surface area contributed by atoms with Crippen LogP contribution >= 0.6 is 11.6 Å². The minimum absolute atomic E-state index is 0.205. The molecule has 3 aromatic rings. The molecule has 2 aromatic carbocycles. The van der Waals surface area contributed by atoms with Crippen molar-refractivity contribution in [1.29, 1.82) is 0 Å². The van der Waals surface area contributed by atoms with E-state index >= 15 is 0 Å². The van der Waals surface area contributed by atoms with Crippen LogP contribution in [0.25, 0.3) is 10.8 Å². The Labute approximate surface area is 201 Å². The number of carbonyl (C=O) groups is 3. The summed E-state index contributed by atoms with van der Waals surface area (Å²) >= 11 is 6.53. The van der Waals surface area contributed by atoms with Crippen LogP contribution in [0.1, 0.15) is 53.2 Å². The molecule has 3 aliphatic heterocycles. The summed E-state index contributed by atoms with van der Waals surface area (Å²) in [6, 6.07) is 9.23. The van der Waals surface area contributed by atoms with Gasteiger partial charge in [-0.05, 0) is 55.4 Å². The molecule has 1 atom stereocenters. The van der Waals surface area contributed by atoms with E-state index in [9.17, 15) is 14.4 Å². The number of carbonyl (C=O) groups excluding carboxylic acids is 3. The van der Waals surface area contributed by atoms with Gasteiger partial charge in [0.25, 0.3) is 5.91 Å². The molecule has 0 spiro atoms. The lowest BCUT2D eigenvalue weighted by molar-refractivity contribution is -0.134. The van der Waals surface area contributed by atoms with Crippen LogP contribution in [0, 0.1) is 0 Å². The molecule has 174 valence electrons. The van der Waals surface area contributed by atoms with Gasteiger partial charge in [-0.2, -0.15) is 5.10 Å². The molecule has 0 radical (unpaired) electrons. The molecular formula is C25H24ClN5O3. The lowest BCUT2D eigenvalue weighted by Crippen LogP contribution is -2.53. The second kappa shape index (κ2) is 8.21. The number of halogens is 1. The average molecular weight is 478 g/mol. The quantitative estimate of drug-likeness (QED) is 0.563. The van der Waals surface area contributed by atoms with Crippen molar-refractivity contribution >= 4 is 45.8 Å². The monoisotopic (exact) mass is 477 g/mol. The minimum atomic E-state index is -0.690. The molecule has 6 rings (SSSR count). The minimum Gasteiger partial charge on any atom is -0.317 e. The van der Waals surface area contributed by atoms with Gasteiger partial charge in [0, 0.05) is 35.6 Å². The highest BCUT2D eigenvalue weighted by atomic mass is 35.5. The summed E-state index contributed by atoms with van der Waals surface area (Å²) in [6.45, 7) is 1.95. The maximum absolute atomic E-state index is 13.3. The van der Waals surface area contributed by atoms with E-state index in [2.05, 4.69) is 15.7 Å². The van der Waals surface area contributed by atoms with Gasteiger partial charge in [-0.3, -0.25) is 29.3 Å². The van der Waals surface area contributed by atoms with Crippen LogP contribution in [0.5, 0.6) is 0 Å². The number of piperidine rings is 2. The van der Waals surface area contributed by atoms with Gasteiger partial charge in [0.05, 0.1) is 11.7 Å². The first-order chi connectivity index (χ1) is 16.5. The third kappa shape index (κ3) is 3.40. The summed E-state index contributed by atoms with van der Waals surface area (Å²) in [5, 5.41) is 12.6. The summed E-state index contributed by atoms with van der Waals surface area (Å²) in [6.07, 6.45) is 5.23. The summed E-state index contributed by atoms with van der Waals surface area (Å²) in [5.74, 6) is -0.927. The Bertz CT molecular complexity index is 1340. The van der Waals surface area contributed by atoms with Gasteiger partial charge < -0.3 is 5.32 Å². The topological polar surface area (TPSA) is 96.3 Å². The normalized spacial score (nSPS) is 20.9.